The summed E-state index contributed by atoms with van der Waals surface area (Å²) in [5.41, 5.74) is 0.968. The molecule has 26 heavy (non-hydrogen) atoms. The van der Waals surface area contributed by atoms with Crippen LogP contribution in [0.15, 0.2) is 47.4 Å². The van der Waals surface area contributed by atoms with Gasteiger partial charge in [0.1, 0.15) is 11.5 Å². The molecule has 0 bridgehead atoms. The first-order valence-electron chi connectivity index (χ1n) is 8.46. The van der Waals surface area contributed by atoms with Crippen LogP contribution in [0.2, 0.25) is 0 Å². The number of rotatable bonds is 9. The van der Waals surface area contributed by atoms with Crippen molar-refractivity contribution in [2.24, 2.45) is 0 Å². The molecule has 5 nitrogen and oxygen atoms in total. The Morgan fingerprint density at radius 1 is 1.00 bits per heavy atom. The minimum Gasteiger partial charge on any atom is -0.870 e. The summed E-state index contributed by atoms with van der Waals surface area (Å²) in [4.78, 5) is -0.362. The number of hydrogen-bond donors (Lipinski definition) is 1. The molecule has 0 heterocycles. The topological polar surface area (TPSA) is 86.7 Å². The van der Waals surface area contributed by atoms with Gasteiger partial charge in [-0.1, -0.05) is 62.6 Å². The van der Waals surface area contributed by atoms with Gasteiger partial charge in [-0.05, 0) is 30.5 Å². The second-order valence-electron chi connectivity index (χ2n) is 5.96. The Morgan fingerprint density at radius 3 is 2.38 bits per heavy atom. The number of ether oxygens (including phenoxy) is 1. The molecule has 7 heteroatoms. The predicted octanol–water partition coefficient (Wildman–Crippen LogP) is 1.32. The molecule has 0 saturated carbocycles. The van der Waals surface area contributed by atoms with E-state index >= 15 is 0 Å². The molecule has 0 amide bonds. The van der Waals surface area contributed by atoms with Gasteiger partial charge in [0.05, 0.1) is 4.90 Å². The predicted molar refractivity (Wildman–Crippen MR) is 94.7 cm³/mol. The zero-order chi connectivity index (χ0) is 18.3. The molecule has 0 aliphatic heterocycles. The van der Waals surface area contributed by atoms with Crippen LogP contribution >= 0.6 is 0 Å². The summed E-state index contributed by atoms with van der Waals surface area (Å²) in [6.07, 6.45) is 6.59. The van der Waals surface area contributed by atoms with E-state index < -0.39 is 15.9 Å². The zero-order valence-corrected chi connectivity index (χ0v) is 19.2. The van der Waals surface area contributed by atoms with E-state index in [2.05, 4.69) is 6.92 Å². The van der Waals surface area contributed by atoms with Crippen LogP contribution in [0.1, 0.15) is 44.6 Å². The van der Waals surface area contributed by atoms with E-state index in [1.807, 2.05) is 12.1 Å². The van der Waals surface area contributed by atoms with Crippen molar-refractivity contribution < 1.29 is 74.2 Å². The van der Waals surface area contributed by atoms with E-state index in [0.29, 0.717) is 5.75 Å². The summed E-state index contributed by atoms with van der Waals surface area (Å²) < 4.78 is 37.3. The molecular formula is C19H23KO5S. The van der Waals surface area contributed by atoms with Gasteiger partial charge in [0.25, 0.3) is 10.1 Å². The van der Waals surface area contributed by atoms with E-state index in [1.165, 1.54) is 19.3 Å². The third-order valence-corrected chi connectivity index (χ3v) is 4.80. The van der Waals surface area contributed by atoms with Gasteiger partial charge in [0.2, 0.25) is 0 Å². The monoisotopic (exact) mass is 402 g/mol. The molecule has 0 spiro atoms. The zero-order valence-electron chi connectivity index (χ0n) is 15.3. The molecule has 0 aliphatic carbocycles. The average Bonchev–Trinajstić information content (AvgIpc) is 2.57. The summed E-state index contributed by atoms with van der Waals surface area (Å²) in [5, 5.41) is 11.9. The Labute approximate surface area is 198 Å². The van der Waals surface area contributed by atoms with E-state index in [4.69, 9.17) is 9.29 Å². The fourth-order valence-corrected chi connectivity index (χ4v) is 3.07. The van der Waals surface area contributed by atoms with E-state index in [9.17, 15) is 13.5 Å². The van der Waals surface area contributed by atoms with Gasteiger partial charge in [0, 0.05) is 6.07 Å². The average molecular weight is 403 g/mol. The number of hydrogen-bond acceptors (Lipinski definition) is 4. The van der Waals surface area contributed by atoms with Gasteiger partial charge in [-0.15, -0.1) is 0 Å². The van der Waals surface area contributed by atoms with Gasteiger partial charge in [-0.3, -0.25) is 4.55 Å². The standard InChI is InChI=1S/C19H24O5S.K/c1-2-3-4-5-6-9-15-10-7-8-11-18(15)24-19-14-16(25(21,22)23)12-13-17(19)20;/h7-8,10-14,20H,2-6,9H2,1H3,(H,21,22,23);/q;+1/p-1. The third kappa shape index (κ3) is 7.30. The number of para-hydroxylation sites is 1. The van der Waals surface area contributed by atoms with Crippen LogP contribution in [0.3, 0.4) is 0 Å². The summed E-state index contributed by atoms with van der Waals surface area (Å²) in [7, 11) is -4.39. The molecule has 0 aliphatic rings. The first-order chi connectivity index (χ1) is 11.9. The summed E-state index contributed by atoms with van der Waals surface area (Å²) >= 11 is 0. The molecule has 1 N–H and O–H groups in total. The molecule has 0 unspecified atom stereocenters. The molecule has 2 aromatic rings. The Balaban J connectivity index is 0.00000338. The van der Waals surface area contributed by atoms with Crippen molar-refractivity contribution >= 4 is 10.1 Å². The molecule has 0 radical (unpaired) electrons. The molecule has 0 atom stereocenters. The van der Waals surface area contributed by atoms with Crippen molar-refractivity contribution in [1.29, 1.82) is 0 Å². The van der Waals surface area contributed by atoms with Gasteiger partial charge in [-0.2, -0.15) is 8.42 Å². The summed E-state index contributed by atoms with van der Waals surface area (Å²) in [6.45, 7) is 2.17. The second-order valence-corrected chi connectivity index (χ2v) is 7.38. The van der Waals surface area contributed by atoms with E-state index in [0.717, 1.165) is 43.0 Å². The minimum atomic E-state index is -4.39. The quantitative estimate of drug-likeness (QED) is 0.388. The Bertz CT molecular complexity index is 805. The van der Waals surface area contributed by atoms with Crippen LogP contribution in [0, 0.1) is 0 Å². The number of benzene rings is 2. The summed E-state index contributed by atoms with van der Waals surface area (Å²) in [6, 6.07) is 10.6. The van der Waals surface area contributed by atoms with Gasteiger partial charge >= 0.3 is 51.4 Å². The SMILES string of the molecule is CCCCCCCc1ccccc1Oc1cc(S(=O)(=O)O)ccc1[O-].[K+]. The van der Waals surface area contributed by atoms with Crippen molar-refractivity contribution in [2.75, 3.05) is 0 Å². The maximum atomic E-state index is 11.9. The number of aryl methyl sites for hydroxylation is 1. The van der Waals surface area contributed by atoms with Crippen LogP contribution < -0.4 is 61.2 Å². The largest absolute Gasteiger partial charge is 1.00 e. The Kier molecular flexibility index (Phi) is 10.4. The number of unbranched alkanes of at least 4 members (excludes halogenated alkanes) is 4. The molecule has 0 saturated heterocycles. The van der Waals surface area contributed by atoms with Crippen LogP contribution in [0.5, 0.6) is 17.2 Å². The normalized spacial score (nSPS) is 11.0. The fourth-order valence-electron chi connectivity index (χ4n) is 2.58. The van der Waals surface area contributed by atoms with Gasteiger partial charge in [-0.25, -0.2) is 0 Å². The fraction of sp³-hybridized carbons (Fsp3) is 0.368. The van der Waals surface area contributed by atoms with Crippen molar-refractivity contribution in [2.45, 2.75) is 50.3 Å². The van der Waals surface area contributed by atoms with Crippen molar-refractivity contribution in [3.05, 3.63) is 48.0 Å². The van der Waals surface area contributed by atoms with Gasteiger partial charge < -0.3 is 9.84 Å². The molecule has 0 aromatic heterocycles. The van der Waals surface area contributed by atoms with Gasteiger partial charge in [0.15, 0.2) is 0 Å². The molecule has 2 aromatic carbocycles. The van der Waals surface area contributed by atoms with Crippen LogP contribution in [0.25, 0.3) is 0 Å². The maximum Gasteiger partial charge on any atom is 1.00 e. The first kappa shape index (κ1) is 23.6. The Morgan fingerprint density at radius 2 is 1.69 bits per heavy atom. The molecule has 0 fully saturated rings. The smallest absolute Gasteiger partial charge is 0.870 e. The second kappa shape index (κ2) is 11.4. The van der Waals surface area contributed by atoms with Crippen molar-refractivity contribution in [1.82, 2.24) is 0 Å². The van der Waals surface area contributed by atoms with E-state index in [1.54, 1.807) is 12.1 Å². The molecule has 136 valence electrons. The first-order valence-corrected chi connectivity index (χ1v) is 9.90. The molecular weight excluding hydrogens is 379 g/mol. The molecule has 2 rings (SSSR count). The Hall–Kier alpha value is -0.414. The minimum absolute atomic E-state index is 0. The summed E-state index contributed by atoms with van der Waals surface area (Å²) in [5.74, 6) is -0.0266. The van der Waals surface area contributed by atoms with Crippen molar-refractivity contribution in [3.63, 3.8) is 0 Å². The third-order valence-electron chi connectivity index (χ3n) is 3.96. The van der Waals surface area contributed by atoms with Crippen LogP contribution in [-0.4, -0.2) is 13.0 Å². The maximum absolute atomic E-state index is 11.9. The van der Waals surface area contributed by atoms with E-state index in [-0.39, 0.29) is 62.0 Å². The van der Waals surface area contributed by atoms with Crippen LogP contribution in [-0.2, 0) is 16.5 Å². The van der Waals surface area contributed by atoms with Crippen LogP contribution in [0.4, 0.5) is 0 Å². The van der Waals surface area contributed by atoms with Crippen molar-refractivity contribution in [3.8, 4) is 17.2 Å².